The van der Waals surface area contributed by atoms with E-state index in [1.165, 1.54) is 6.33 Å². The third kappa shape index (κ3) is 4.13. The van der Waals surface area contributed by atoms with Gasteiger partial charge in [0.05, 0.1) is 12.0 Å². The molecule has 1 atom stereocenters. The zero-order valence-electron chi connectivity index (χ0n) is 8.16. The molecule has 7 heteroatoms. The van der Waals surface area contributed by atoms with Gasteiger partial charge in [-0.15, -0.1) is 0 Å². The molecule has 1 heterocycles. The lowest BCUT2D eigenvalue weighted by Crippen LogP contribution is -2.14. The summed E-state index contributed by atoms with van der Waals surface area (Å²) in [4.78, 5) is 3.85. The lowest BCUT2D eigenvalue weighted by Gasteiger charge is -2.11. The molecule has 0 aliphatic rings. The first kappa shape index (κ1) is 12.4. The molecule has 2 N–H and O–H groups in total. The summed E-state index contributed by atoms with van der Waals surface area (Å²) in [5.41, 5.74) is 2.20. The minimum atomic E-state index is -4.17. The molecule has 3 nitrogen and oxygen atoms in total. The number of nitrogens with two attached hydrogens (primary N) is 1. The van der Waals surface area contributed by atoms with Crippen LogP contribution in [0.5, 0.6) is 0 Å². The number of halogens is 3. The lowest BCUT2D eigenvalue weighted by molar-refractivity contribution is -0.0328. The molecule has 0 radical (unpaired) electrons. The van der Waals surface area contributed by atoms with E-state index in [1.54, 1.807) is 17.7 Å². The topological polar surface area (TPSA) is 43.8 Å². The molecule has 1 aromatic heterocycles. The fourth-order valence-electron chi connectivity index (χ4n) is 1.16. The minimum Gasteiger partial charge on any atom is -0.332 e. The molecule has 1 rings (SSSR count). The van der Waals surface area contributed by atoms with E-state index in [4.69, 9.17) is 5.73 Å². The Labute approximate surface area is 89.9 Å². The van der Waals surface area contributed by atoms with E-state index >= 15 is 0 Å². The van der Waals surface area contributed by atoms with E-state index in [9.17, 15) is 13.2 Å². The number of hydrogen-bond acceptors (Lipinski definition) is 3. The normalized spacial score (nSPS) is 14.2. The number of alkyl halides is 3. The van der Waals surface area contributed by atoms with Gasteiger partial charge in [-0.25, -0.2) is 4.98 Å². The Morgan fingerprint density at radius 2 is 2.27 bits per heavy atom. The Morgan fingerprint density at radius 1 is 1.60 bits per heavy atom. The Bertz CT molecular complexity index is 308. The lowest BCUT2D eigenvalue weighted by atomic mass is 10.3. The molecule has 0 saturated heterocycles. The number of nitrogens with zero attached hydrogens (tertiary/aromatic N) is 2. The van der Waals surface area contributed by atoms with Crippen LogP contribution < -0.4 is 5.73 Å². The van der Waals surface area contributed by atoms with Gasteiger partial charge >= 0.3 is 5.51 Å². The minimum absolute atomic E-state index is 0.0282. The van der Waals surface area contributed by atoms with Crippen LogP contribution in [-0.2, 0) is 6.54 Å². The zero-order valence-corrected chi connectivity index (χ0v) is 8.98. The maximum Gasteiger partial charge on any atom is 0.441 e. The predicted molar refractivity (Wildman–Crippen MR) is 53.3 cm³/mol. The largest absolute Gasteiger partial charge is 0.441 e. The smallest absolute Gasteiger partial charge is 0.332 e. The monoisotopic (exact) mass is 239 g/mol. The molecular formula is C8H12F3N3S. The van der Waals surface area contributed by atoms with Gasteiger partial charge in [-0.05, 0) is 18.7 Å². The molecular weight excluding hydrogens is 227 g/mol. The maximum atomic E-state index is 11.9. The van der Waals surface area contributed by atoms with E-state index < -0.39 is 5.51 Å². The molecule has 0 fully saturated rings. The molecule has 0 spiro atoms. The number of thioether (sulfide) groups is 1. The number of aromatic nitrogens is 2. The average Bonchev–Trinajstić information content (AvgIpc) is 2.49. The second kappa shape index (κ2) is 4.89. The second-order valence-electron chi connectivity index (χ2n) is 3.09. The Balaban J connectivity index is 2.47. The predicted octanol–water partition coefficient (Wildman–Crippen LogP) is 2.16. The van der Waals surface area contributed by atoms with Gasteiger partial charge in [-0.1, -0.05) is 0 Å². The van der Waals surface area contributed by atoms with Crippen molar-refractivity contribution in [2.24, 2.45) is 5.73 Å². The van der Waals surface area contributed by atoms with Crippen molar-refractivity contribution in [1.29, 1.82) is 0 Å². The highest BCUT2D eigenvalue weighted by Gasteiger charge is 2.27. The molecule has 0 amide bonds. The molecule has 0 bridgehead atoms. The number of hydrogen-bond donors (Lipinski definition) is 1. The summed E-state index contributed by atoms with van der Waals surface area (Å²) in [7, 11) is 0. The van der Waals surface area contributed by atoms with Crippen LogP contribution in [-0.4, -0.2) is 20.8 Å². The number of imidazole rings is 1. The van der Waals surface area contributed by atoms with Gasteiger partial charge in [-0.2, -0.15) is 13.2 Å². The summed E-state index contributed by atoms with van der Waals surface area (Å²) in [5, 5.41) is 0. The van der Waals surface area contributed by atoms with Crippen molar-refractivity contribution in [2.75, 3.05) is 5.75 Å². The first-order chi connectivity index (χ1) is 6.90. The van der Waals surface area contributed by atoms with E-state index in [1.807, 2.05) is 0 Å². The van der Waals surface area contributed by atoms with Crippen LogP contribution in [0.1, 0.15) is 18.7 Å². The molecule has 0 aliphatic heterocycles. The van der Waals surface area contributed by atoms with Crippen LogP contribution in [0.4, 0.5) is 13.2 Å². The van der Waals surface area contributed by atoms with Crippen molar-refractivity contribution >= 4 is 11.8 Å². The highest BCUT2D eigenvalue weighted by molar-refractivity contribution is 8.00. The maximum absolute atomic E-state index is 11.9. The number of rotatable bonds is 4. The SMILES string of the molecule is C[C@@H](N)c1cncn1CCSC(F)(F)F. The highest BCUT2D eigenvalue weighted by atomic mass is 32.2. The van der Waals surface area contributed by atoms with Crippen molar-refractivity contribution < 1.29 is 13.2 Å². The first-order valence-corrected chi connectivity index (χ1v) is 5.35. The second-order valence-corrected chi connectivity index (χ2v) is 4.25. The molecule has 15 heavy (non-hydrogen) atoms. The average molecular weight is 239 g/mol. The fourth-order valence-corrected chi connectivity index (χ4v) is 1.68. The first-order valence-electron chi connectivity index (χ1n) is 4.36. The van der Waals surface area contributed by atoms with E-state index in [0.29, 0.717) is 0 Å². The van der Waals surface area contributed by atoms with Crippen LogP contribution in [0.3, 0.4) is 0 Å². The van der Waals surface area contributed by atoms with Crippen LogP contribution in [0.2, 0.25) is 0 Å². The summed E-state index contributed by atoms with van der Waals surface area (Å²) in [6.45, 7) is 2.03. The van der Waals surface area contributed by atoms with Crippen molar-refractivity contribution in [3.8, 4) is 0 Å². The molecule has 0 aliphatic carbocycles. The van der Waals surface area contributed by atoms with Crippen LogP contribution in [0.25, 0.3) is 0 Å². The van der Waals surface area contributed by atoms with Crippen molar-refractivity contribution in [2.45, 2.75) is 25.0 Å². The van der Waals surface area contributed by atoms with Gasteiger partial charge in [0.1, 0.15) is 0 Å². The van der Waals surface area contributed by atoms with Gasteiger partial charge in [0.25, 0.3) is 0 Å². The third-order valence-corrected chi connectivity index (χ3v) is 2.52. The van der Waals surface area contributed by atoms with Gasteiger partial charge in [0.15, 0.2) is 0 Å². The summed E-state index contributed by atoms with van der Waals surface area (Å²) in [6, 6.07) is -0.219. The summed E-state index contributed by atoms with van der Waals surface area (Å²) < 4.78 is 37.2. The van der Waals surface area contributed by atoms with Crippen LogP contribution in [0.15, 0.2) is 12.5 Å². The summed E-state index contributed by atoms with van der Waals surface area (Å²) in [5.74, 6) is -0.0282. The quantitative estimate of drug-likeness (QED) is 0.875. The number of aryl methyl sites for hydroxylation is 1. The highest BCUT2D eigenvalue weighted by Crippen LogP contribution is 2.30. The van der Waals surface area contributed by atoms with Crippen LogP contribution in [0, 0.1) is 0 Å². The zero-order chi connectivity index (χ0) is 11.5. The fraction of sp³-hybridized carbons (Fsp3) is 0.625. The Morgan fingerprint density at radius 3 is 2.80 bits per heavy atom. The van der Waals surface area contributed by atoms with Crippen molar-refractivity contribution in [3.63, 3.8) is 0 Å². The van der Waals surface area contributed by atoms with Crippen molar-refractivity contribution in [3.05, 3.63) is 18.2 Å². The van der Waals surface area contributed by atoms with Gasteiger partial charge in [0.2, 0.25) is 0 Å². The summed E-state index contributed by atoms with van der Waals surface area (Å²) in [6.07, 6.45) is 3.07. The van der Waals surface area contributed by atoms with E-state index in [0.717, 1.165) is 5.69 Å². The molecule has 0 saturated carbocycles. The third-order valence-electron chi connectivity index (χ3n) is 1.81. The molecule has 0 aromatic carbocycles. The van der Waals surface area contributed by atoms with E-state index in [-0.39, 0.29) is 30.1 Å². The van der Waals surface area contributed by atoms with Gasteiger partial charge < -0.3 is 10.3 Å². The van der Waals surface area contributed by atoms with Crippen LogP contribution >= 0.6 is 11.8 Å². The standard InChI is InChI=1S/C8H12F3N3S/c1-6(12)7-4-13-5-14(7)2-3-15-8(9,10)11/h4-6H,2-3,12H2,1H3/t6-/m1/s1. The summed E-state index contributed by atoms with van der Waals surface area (Å²) >= 11 is -0.0372. The van der Waals surface area contributed by atoms with Gasteiger partial charge in [-0.3, -0.25) is 0 Å². The molecule has 0 unspecified atom stereocenters. The Hall–Kier alpha value is -0.690. The van der Waals surface area contributed by atoms with Gasteiger partial charge in [0, 0.05) is 24.5 Å². The van der Waals surface area contributed by atoms with Crippen molar-refractivity contribution in [1.82, 2.24) is 9.55 Å². The Kier molecular flexibility index (Phi) is 4.04. The van der Waals surface area contributed by atoms with E-state index in [2.05, 4.69) is 4.98 Å². The molecule has 86 valence electrons. The molecule has 1 aromatic rings.